The van der Waals surface area contributed by atoms with Gasteiger partial charge in [0.2, 0.25) is 0 Å². The van der Waals surface area contributed by atoms with E-state index < -0.39 is 6.61 Å². The van der Waals surface area contributed by atoms with Crippen molar-refractivity contribution >= 4 is 17.2 Å². The highest BCUT2D eigenvalue weighted by Gasteiger charge is 2.10. The van der Waals surface area contributed by atoms with Gasteiger partial charge in [-0.2, -0.15) is 8.78 Å². The van der Waals surface area contributed by atoms with Crippen molar-refractivity contribution in [2.45, 2.75) is 20.1 Å². The zero-order chi connectivity index (χ0) is 21.8. The number of imidazole rings is 1. The van der Waals surface area contributed by atoms with Crippen molar-refractivity contribution < 1.29 is 23.0 Å². The molecule has 0 fully saturated rings. The van der Waals surface area contributed by atoms with E-state index in [2.05, 4.69) is 15.0 Å². The molecule has 0 aliphatic heterocycles. The number of carbonyl (C=O) groups is 1. The number of nitrogens with one attached hydrogen (secondary N) is 1. The molecule has 1 N–H and O–H groups in total. The number of hydrogen-bond donors (Lipinski definition) is 1. The van der Waals surface area contributed by atoms with E-state index in [0.29, 0.717) is 17.0 Å². The van der Waals surface area contributed by atoms with Gasteiger partial charge in [-0.25, -0.2) is 4.98 Å². The van der Waals surface area contributed by atoms with Gasteiger partial charge in [-0.1, -0.05) is 12.1 Å². The van der Waals surface area contributed by atoms with Crippen LogP contribution in [0, 0.1) is 6.92 Å². The number of anilines is 1. The minimum atomic E-state index is -2.90. The molecule has 0 radical (unpaired) electrons. The number of amides is 1. The Kier molecular flexibility index (Phi) is 5.79. The summed E-state index contributed by atoms with van der Waals surface area (Å²) in [5, 5.41) is 2.71. The molecule has 0 saturated heterocycles. The molecular weight excluding hydrogens is 404 g/mol. The number of hydrogen-bond acceptors (Lipinski definition) is 4. The highest BCUT2D eigenvalue weighted by atomic mass is 19.3. The Bertz CT molecular complexity index is 1210. The topological polar surface area (TPSA) is 64.9 Å². The number of pyridine rings is 1. The molecule has 6 nitrogen and oxygen atoms in total. The van der Waals surface area contributed by atoms with Crippen LogP contribution in [0.5, 0.6) is 11.5 Å². The first-order valence-electron chi connectivity index (χ1n) is 9.49. The summed E-state index contributed by atoms with van der Waals surface area (Å²) in [6.07, 6.45) is 3.89. The fourth-order valence-electron chi connectivity index (χ4n) is 3.03. The molecule has 0 atom stereocenters. The summed E-state index contributed by atoms with van der Waals surface area (Å²) in [6.45, 7) is -0.623. The third-order valence-corrected chi connectivity index (χ3v) is 4.47. The van der Waals surface area contributed by atoms with E-state index in [1.807, 2.05) is 35.9 Å². The summed E-state index contributed by atoms with van der Waals surface area (Å²) in [7, 11) is 0. The van der Waals surface area contributed by atoms with Gasteiger partial charge >= 0.3 is 6.61 Å². The van der Waals surface area contributed by atoms with Gasteiger partial charge in [-0.15, -0.1) is 0 Å². The lowest BCUT2D eigenvalue weighted by atomic mass is 10.2. The van der Waals surface area contributed by atoms with Crippen molar-refractivity contribution in [2.24, 2.45) is 0 Å². The first kappa shape index (κ1) is 20.3. The predicted octanol–water partition coefficient (Wildman–Crippen LogP) is 5.08. The Balaban J connectivity index is 1.39. The van der Waals surface area contributed by atoms with Gasteiger partial charge in [0, 0.05) is 23.6 Å². The number of rotatable bonds is 7. The van der Waals surface area contributed by atoms with E-state index in [0.717, 1.165) is 16.9 Å². The summed E-state index contributed by atoms with van der Waals surface area (Å²) in [6, 6.07) is 16.4. The highest BCUT2D eigenvalue weighted by Crippen LogP contribution is 2.20. The van der Waals surface area contributed by atoms with Gasteiger partial charge < -0.3 is 19.2 Å². The van der Waals surface area contributed by atoms with Gasteiger partial charge in [0.25, 0.3) is 5.91 Å². The van der Waals surface area contributed by atoms with Crippen molar-refractivity contribution in [1.82, 2.24) is 9.38 Å². The first-order chi connectivity index (χ1) is 15.0. The zero-order valence-electron chi connectivity index (χ0n) is 16.6. The summed E-state index contributed by atoms with van der Waals surface area (Å²) < 4.78 is 36.5. The normalized spacial score (nSPS) is 11.0. The summed E-state index contributed by atoms with van der Waals surface area (Å²) >= 11 is 0. The van der Waals surface area contributed by atoms with E-state index in [9.17, 15) is 13.6 Å². The lowest BCUT2D eigenvalue weighted by molar-refractivity contribution is -0.0498. The number of benzene rings is 2. The molecule has 4 rings (SSSR count). The maximum Gasteiger partial charge on any atom is 0.387 e. The third-order valence-electron chi connectivity index (χ3n) is 4.47. The van der Waals surface area contributed by atoms with Crippen LogP contribution in [0.15, 0.2) is 73.1 Å². The number of alkyl halides is 2. The fraction of sp³-hybridized carbons (Fsp3) is 0.130. The lowest BCUT2D eigenvalue weighted by Crippen LogP contribution is -2.12. The Hall–Kier alpha value is -3.94. The standard InChI is InChI=1S/C23H19F2N3O3/c1-15-5-10-21-26-18(13-28(21)12-15)14-30-20-4-2-3-16(11-20)22(29)27-17-6-8-19(9-7-17)31-23(24)25/h2-13,23H,14H2,1H3,(H,27,29). The molecule has 2 aromatic heterocycles. The van der Waals surface area contributed by atoms with Gasteiger partial charge in [-0.05, 0) is 61.0 Å². The smallest absolute Gasteiger partial charge is 0.387 e. The Morgan fingerprint density at radius 3 is 2.65 bits per heavy atom. The number of aromatic nitrogens is 2. The molecular formula is C23H19F2N3O3. The van der Waals surface area contributed by atoms with Gasteiger partial charge in [0.15, 0.2) is 0 Å². The van der Waals surface area contributed by atoms with Gasteiger partial charge in [0.05, 0.1) is 5.69 Å². The Morgan fingerprint density at radius 1 is 1.06 bits per heavy atom. The van der Waals surface area contributed by atoms with Crippen LogP contribution in [0.2, 0.25) is 0 Å². The predicted molar refractivity (Wildman–Crippen MR) is 112 cm³/mol. The van der Waals surface area contributed by atoms with Crippen LogP contribution in [0.1, 0.15) is 21.6 Å². The third kappa shape index (κ3) is 5.16. The average Bonchev–Trinajstić information content (AvgIpc) is 3.15. The SMILES string of the molecule is Cc1ccc2nc(COc3cccc(C(=O)Nc4ccc(OC(F)F)cc4)c3)cn2c1. The molecule has 0 saturated carbocycles. The van der Waals surface area contributed by atoms with Gasteiger partial charge in [-0.3, -0.25) is 4.79 Å². The number of fused-ring (bicyclic) bond motifs is 1. The van der Waals surface area contributed by atoms with Crippen molar-refractivity contribution in [3.63, 3.8) is 0 Å². The molecule has 31 heavy (non-hydrogen) atoms. The minimum absolute atomic E-state index is 0.0190. The summed E-state index contributed by atoms with van der Waals surface area (Å²) in [5.41, 5.74) is 3.59. The van der Waals surface area contributed by atoms with Crippen molar-refractivity contribution in [2.75, 3.05) is 5.32 Å². The largest absolute Gasteiger partial charge is 0.487 e. The molecule has 0 aliphatic carbocycles. The molecule has 2 heterocycles. The Labute approximate surface area is 177 Å². The molecule has 0 unspecified atom stereocenters. The van der Waals surface area contributed by atoms with Crippen molar-refractivity contribution in [3.05, 3.63) is 89.9 Å². The lowest BCUT2D eigenvalue weighted by Gasteiger charge is -2.09. The van der Waals surface area contributed by atoms with Crippen LogP contribution >= 0.6 is 0 Å². The van der Waals surface area contributed by atoms with Crippen molar-refractivity contribution in [3.8, 4) is 11.5 Å². The molecule has 1 amide bonds. The second-order valence-corrected chi connectivity index (χ2v) is 6.88. The maximum absolute atomic E-state index is 12.5. The number of halogens is 2. The number of aryl methyl sites for hydroxylation is 1. The first-order valence-corrected chi connectivity index (χ1v) is 9.49. The quantitative estimate of drug-likeness (QED) is 0.451. The molecule has 158 valence electrons. The molecule has 0 aliphatic rings. The summed E-state index contributed by atoms with van der Waals surface area (Å²) in [4.78, 5) is 17.0. The van der Waals surface area contributed by atoms with Gasteiger partial charge in [0.1, 0.15) is 23.8 Å². The molecule has 0 spiro atoms. The van der Waals surface area contributed by atoms with E-state index in [-0.39, 0.29) is 18.3 Å². The van der Waals surface area contributed by atoms with Crippen LogP contribution in [-0.2, 0) is 6.61 Å². The maximum atomic E-state index is 12.5. The van der Waals surface area contributed by atoms with E-state index in [4.69, 9.17) is 4.74 Å². The number of ether oxygens (including phenoxy) is 2. The molecule has 4 aromatic rings. The Morgan fingerprint density at radius 2 is 1.87 bits per heavy atom. The van der Waals surface area contributed by atoms with E-state index >= 15 is 0 Å². The number of nitrogens with zero attached hydrogens (tertiary/aromatic N) is 2. The van der Waals surface area contributed by atoms with E-state index in [1.54, 1.807) is 24.3 Å². The molecule has 8 heteroatoms. The second kappa shape index (κ2) is 8.83. The van der Waals surface area contributed by atoms with Crippen LogP contribution < -0.4 is 14.8 Å². The van der Waals surface area contributed by atoms with Crippen LogP contribution in [0.4, 0.5) is 14.5 Å². The monoisotopic (exact) mass is 423 g/mol. The molecule has 2 aromatic carbocycles. The average molecular weight is 423 g/mol. The molecule has 0 bridgehead atoms. The second-order valence-electron chi connectivity index (χ2n) is 6.88. The zero-order valence-corrected chi connectivity index (χ0v) is 16.6. The van der Waals surface area contributed by atoms with Crippen LogP contribution in [0.3, 0.4) is 0 Å². The van der Waals surface area contributed by atoms with E-state index in [1.165, 1.54) is 24.3 Å². The summed E-state index contributed by atoms with van der Waals surface area (Å²) in [5.74, 6) is 0.197. The fourth-order valence-corrected chi connectivity index (χ4v) is 3.03. The minimum Gasteiger partial charge on any atom is -0.487 e. The van der Waals surface area contributed by atoms with Crippen molar-refractivity contribution in [1.29, 1.82) is 0 Å². The van der Waals surface area contributed by atoms with Crippen LogP contribution in [0.25, 0.3) is 5.65 Å². The number of carbonyl (C=O) groups excluding carboxylic acids is 1. The highest BCUT2D eigenvalue weighted by molar-refractivity contribution is 6.04. The van der Waals surface area contributed by atoms with Crippen LogP contribution in [-0.4, -0.2) is 21.9 Å².